The average molecular weight is 413 g/mol. The summed E-state index contributed by atoms with van der Waals surface area (Å²) >= 11 is 0. The van der Waals surface area contributed by atoms with Gasteiger partial charge in [-0.25, -0.2) is 0 Å². The summed E-state index contributed by atoms with van der Waals surface area (Å²) in [6, 6.07) is 25.3. The smallest absolute Gasteiger partial charge is 0.276 e. The van der Waals surface area contributed by atoms with Crippen LogP contribution in [0.1, 0.15) is 12.0 Å². The summed E-state index contributed by atoms with van der Waals surface area (Å²) in [7, 11) is 0. The normalized spacial score (nSPS) is 10.6. The maximum absolute atomic E-state index is 12.1. The standard InChI is InChI=1S/C25H23N3O3/c29-24(15-14-19-16-26-22-12-6-4-10-20(19)22)27-28-25(30)17-31-23-13-7-5-11-21(23)18-8-2-1-3-9-18/h1-13,16,26H,14-15,17H2,(H,27,29)(H,28,30). The van der Waals surface area contributed by atoms with Gasteiger partial charge in [0.25, 0.3) is 5.91 Å². The lowest BCUT2D eigenvalue weighted by Crippen LogP contribution is -2.43. The van der Waals surface area contributed by atoms with Gasteiger partial charge in [-0.2, -0.15) is 0 Å². The number of carbonyl (C=O) groups is 2. The number of H-pyrrole nitrogens is 1. The van der Waals surface area contributed by atoms with Crippen LogP contribution in [0.4, 0.5) is 0 Å². The molecule has 0 aliphatic carbocycles. The maximum atomic E-state index is 12.1. The number of rotatable bonds is 7. The molecule has 3 N–H and O–H groups in total. The van der Waals surface area contributed by atoms with Crippen LogP contribution in [0.3, 0.4) is 0 Å². The van der Waals surface area contributed by atoms with E-state index in [-0.39, 0.29) is 18.9 Å². The molecule has 0 saturated carbocycles. The highest BCUT2D eigenvalue weighted by molar-refractivity contribution is 5.85. The number of amides is 2. The van der Waals surface area contributed by atoms with Crippen molar-refractivity contribution in [2.45, 2.75) is 12.8 Å². The van der Waals surface area contributed by atoms with Gasteiger partial charge in [-0.05, 0) is 29.7 Å². The van der Waals surface area contributed by atoms with Crippen molar-refractivity contribution < 1.29 is 14.3 Å². The zero-order valence-electron chi connectivity index (χ0n) is 16.9. The molecule has 6 heteroatoms. The minimum Gasteiger partial charge on any atom is -0.483 e. The molecule has 31 heavy (non-hydrogen) atoms. The van der Waals surface area contributed by atoms with Gasteiger partial charge in [0.1, 0.15) is 5.75 Å². The Labute approximate surface area is 180 Å². The van der Waals surface area contributed by atoms with E-state index in [0.717, 1.165) is 27.6 Å². The molecule has 4 aromatic rings. The number of hydrazine groups is 1. The molecule has 2 amide bonds. The third-order valence-corrected chi connectivity index (χ3v) is 4.97. The number of nitrogens with one attached hydrogen (secondary N) is 3. The second kappa shape index (κ2) is 9.63. The van der Waals surface area contributed by atoms with Crippen LogP contribution in [-0.2, 0) is 16.0 Å². The van der Waals surface area contributed by atoms with Gasteiger partial charge in [0.15, 0.2) is 6.61 Å². The first-order valence-corrected chi connectivity index (χ1v) is 10.1. The predicted octanol–water partition coefficient (Wildman–Crippen LogP) is 3.99. The molecule has 0 atom stereocenters. The Morgan fingerprint density at radius 2 is 1.52 bits per heavy atom. The molecule has 1 aromatic heterocycles. The van der Waals surface area contributed by atoms with Crippen LogP contribution < -0.4 is 15.6 Å². The monoisotopic (exact) mass is 413 g/mol. The molecule has 0 bridgehead atoms. The van der Waals surface area contributed by atoms with Crippen molar-refractivity contribution in [3.05, 3.63) is 90.6 Å². The van der Waals surface area contributed by atoms with Gasteiger partial charge in [-0.1, -0.05) is 66.7 Å². The van der Waals surface area contributed by atoms with Crippen LogP contribution >= 0.6 is 0 Å². The molecule has 0 aliphatic rings. The summed E-state index contributed by atoms with van der Waals surface area (Å²) in [5.41, 5.74) is 8.87. The molecular weight excluding hydrogens is 390 g/mol. The summed E-state index contributed by atoms with van der Waals surface area (Å²) in [5.74, 6) is -0.0823. The lowest BCUT2D eigenvalue weighted by Gasteiger charge is -2.12. The predicted molar refractivity (Wildman–Crippen MR) is 120 cm³/mol. The third-order valence-electron chi connectivity index (χ3n) is 4.97. The number of carbonyl (C=O) groups excluding carboxylic acids is 2. The zero-order valence-corrected chi connectivity index (χ0v) is 16.9. The SMILES string of the molecule is O=C(CCc1c[nH]c2ccccc12)NNC(=O)COc1ccccc1-c1ccccc1. The van der Waals surface area contributed by atoms with E-state index in [1.807, 2.05) is 85.1 Å². The second-order valence-corrected chi connectivity index (χ2v) is 7.11. The van der Waals surface area contributed by atoms with Crippen molar-refractivity contribution >= 4 is 22.7 Å². The summed E-state index contributed by atoms with van der Waals surface area (Å²) in [5, 5.41) is 1.10. The lowest BCUT2D eigenvalue weighted by molar-refractivity contribution is -0.130. The van der Waals surface area contributed by atoms with Crippen LogP contribution in [0, 0.1) is 0 Å². The van der Waals surface area contributed by atoms with Gasteiger partial charge in [0, 0.05) is 29.1 Å². The first-order valence-electron chi connectivity index (χ1n) is 10.1. The molecule has 0 unspecified atom stereocenters. The Morgan fingerprint density at radius 3 is 2.39 bits per heavy atom. The number of benzene rings is 3. The maximum Gasteiger partial charge on any atom is 0.276 e. The van der Waals surface area contributed by atoms with Crippen LogP contribution in [0.25, 0.3) is 22.0 Å². The fourth-order valence-electron chi connectivity index (χ4n) is 3.42. The number of fused-ring (bicyclic) bond motifs is 1. The molecule has 1 heterocycles. The number of para-hydroxylation sites is 2. The molecule has 6 nitrogen and oxygen atoms in total. The highest BCUT2D eigenvalue weighted by atomic mass is 16.5. The zero-order chi connectivity index (χ0) is 21.5. The van der Waals surface area contributed by atoms with E-state index in [1.54, 1.807) is 0 Å². The minimum atomic E-state index is -0.427. The summed E-state index contributed by atoms with van der Waals surface area (Å²) in [6.45, 7) is -0.202. The quantitative estimate of drug-likeness (QED) is 0.401. The summed E-state index contributed by atoms with van der Waals surface area (Å²) in [6.07, 6.45) is 2.75. The fraction of sp³-hybridized carbons (Fsp3) is 0.120. The van der Waals surface area contributed by atoms with Crippen molar-refractivity contribution in [2.75, 3.05) is 6.61 Å². The van der Waals surface area contributed by atoms with Gasteiger partial charge in [-0.15, -0.1) is 0 Å². The Morgan fingerprint density at radius 1 is 0.806 bits per heavy atom. The molecule has 0 aliphatic heterocycles. The van der Waals surface area contributed by atoms with Crippen LogP contribution in [0.15, 0.2) is 85.1 Å². The molecule has 0 spiro atoms. The van der Waals surface area contributed by atoms with Gasteiger partial charge in [0.05, 0.1) is 0 Å². The molecule has 156 valence electrons. The molecule has 3 aromatic carbocycles. The number of aromatic nitrogens is 1. The molecular formula is C25H23N3O3. The van der Waals surface area contributed by atoms with E-state index < -0.39 is 5.91 Å². The first kappa shape index (κ1) is 20.2. The van der Waals surface area contributed by atoms with Crippen LogP contribution in [0.5, 0.6) is 5.75 Å². The minimum absolute atomic E-state index is 0.202. The van der Waals surface area contributed by atoms with E-state index >= 15 is 0 Å². The molecule has 4 rings (SSSR count). The van der Waals surface area contributed by atoms with Crippen molar-refractivity contribution in [2.24, 2.45) is 0 Å². The number of ether oxygens (including phenoxy) is 1. The molecule has 0 radical (unpaired) electrons. The van der Waals surface area contributed by atoms with Crippen LogP contribution in [0.2, 0.25) is 0 Å². The van der Waals surface area contributed by atoms with Crippen molar-refractivity contribution in [3.63, 3.8) is 0 Å². The van der Waals surface area contributed by atoms with Crippen LogP contribution in [-0.4, -0.2) is 23.4 Å². The Bertz CT molecular complexity index is 1180. The molecule has 0 saturated heterocycles. The Kier molecular flexibility index (Phi) is 6.28. The van der Waals surface area contributed by atoms with E-state index in [0.29, 0.717) is 12.2 Å². The Hall–Kier alpha value is -4.06. The summed E-state index contributed by atoms with van der Waals surface area (Å²) in [4.78, 5) is 27.4. The van der Waals surface area contributed by atoms with Gasteiger partial charge < -0.3 is 9.72 Å². The number of hydrogen-bond donors (Lipinski definition) is 3. The van der Waals surface area contributed by atoms with Crippen molar-refractivity contribution in [3.8, 4) is 16.9 Å². The van der Waals surface area contributed by atoms with E-state index in [2.05, 4.69) is 15.8 Å². The van der Waals surface area contributed by atoms with Crippen molar-refractivity contribution in [1.82, 2.24) is 15.8 Å². The third kappa shape index (κ3) is 5.11. The number of hydrogen-bond acceptors (Lipinski definition) is 3. The highest BCUT2D eigenvalue weighted by Gasteiger charge is 2.10. The van der Waals surface area contributed by atoms with Crippen molar-refractivity contribution in [1.29, 1.82) is 0 Å². The van der Waals surface area contributed by atoms with Gasteiger partial charge >= 0.3 is 0 Å². The van der Waals surface area contributed by atoms with E-state index in [1.165, 1.54) is 0 Å². The number of aromatic amines is 1. The van der Waals surface area contributed by atoms with E-state index in [4.69, 9.17) is 4.74 Å². The number of aryl methyl sites for hydroxylation is 1. The molecule has 0 fully saturated rings. The van der Waals surface area contributed by atoms with E-state index in [9.17, 15) is 9.59 Å². The second-order valence-electron chi connectivity index (χ2n) is 7.11. The first-order chi connectivity index (χ1) is 15.2. The van der Waals surface area contributed by atoms with Gasteiger partial charge in [-0.3, -0.25) is 20.4 Å². The average Bonchev–Trinajstić information content (AvgIpc) is 3.24. The topological polar surface area (TPSA) is 83.2 Å². The van der Waals surface area contributed by atoms with Gasteiger partial charge in [0.2, 0.25) is 5.91 Å². The highest BCUT2D eigenvalue weighted by Crippen LogP contribution is 2.29. The largest absolute Gasteiger partial charge is 0.483 e. The summed E-state index contributed by atoms with van der Waals surface area (Å²) < 4.78 is 5.69. The Balaban J connectivity index is 1.25. The fourth-order valence-corrected chi connectivity index (χ4v) is 3.42. The lowest BCUT2D eigenvalue weighted by atomic mass is 10.1.